The van der Waals surface area contributed by atoms with E-state index in [9.17, 15) is 4.39 Å². The number of rotatable bonds is 5. The van der Waals surface area contributed by atoms with Gasteiger partial charge in [-0.25, -0.2) is 4.39 Å². The van der Waals surface area contributed by atoms with Crippen LogP contribution in [0.1, 0.15) is 26.3 Å². The highest BCUT2D eigenvalue weighted by molar-refractivity contribution is 5.85. The smallest absolute Gasteiger partial charge is 0.127 e. The van der Waals surface area contributed by atoms with Crippen molar-refractivity contribution in [2.24, 2.45) is 11.7 Å². The van der Waals surface area contributed by atoms with Crippen molar-refractivity contribution < 1.29 is 4.39 Å². The zero-order valence-electron chi connectivity index (χ0n) is 10.7. The molecule has 0 spiro atoms. The molecule has 4 heteroatoms. The van der Waals surface area contributed by atoms with Crippen molar-refractivity contribution in [3.63, 3.8) is 0 Å². The van der Waals surface area contributed by atoms with E-state index in [0.29, 0.717) is 24.6 Å². The molecule has 1 aromatic carbocycles. The Morgan fingerprint density at radius 3 is 2.41 bits per heavy atom. The molecule has 1 aromatic rings. The Morgan fingerprint density at radius 1 is 1.35 bits per heavy atom. The lowest BCUT2D eigenvalue weighted by Gasteiger charge is -2.34. The molecule has 0 saturated carbocycles. The van der Waals surface area contributed by atoms with Crippen molar-refractivity contribution in [1.82, 2.24) is 5.32 Å². The lowest BCUT2D eigenvalue weighted by molar-refractivity contribution is 0.266. The largest absolute Gasteiger partial charge is 0.329 e. The molecule has 0 saturated heterocycles. The SMILES string of the molecule is CC(C)C(C)(CN)NCc1ccccc1F.Cl. The van der Waals surface area contributed by atoms with Gasteiger partial charge in [0, 0.05) is 24.2 Å². The number of nitrogens with two attached hydrogens (primary N) is 1. The van der Waals surface area contributed by atoms with Crippen molar-refractivity contribution in [3.8, 4) is 0 Å². The first-order chi connectivity index (χ1) is 7.49. The number of nitrogens with one attached hydrogen (secondary N) is 1. The lowest BCUT2D eigenvalue weighted by atomic mass is 9.88. The van der Waals surface area contributed by atoms with Crippen LogP contribution < -0.4 is 11.1 Å². The van der Waals surface area contributed by atoms with Crippen LogP contribution in [0.15, 0.2) is 24.3 Å². The fraction of sp³-hybridized carbons (Fsp3) is 0.538. The number of hydrogen-bond donors (Lipinski definition) is 2. The van der Waals surface area contributed by atoms with Crippen LogP contribution in [0.2, 0.25) is 0 Å². The molecular formula is C13H22ClFN2. The molecule has 17 heavy (non-hydrogen) atoms. The van der Waals surface area contributed by atoms with E-state index in [1.54, 1.807) is 12.1 Å². The molecule has 1 atom stereocenters. The molecule has 0 aliphatic rings. The Balaban J connectivity index is 0.00000256. The van der Waals surface area contributed by atoms with Crippen LogP contribution in [-0.2, 0) is 6.54 Å². The van der Waals surface area contributed by atoms with Crippen LogP contribution >= 0.6 is 12.4 Å². The normalized spacial score (nSPS) is 14.2. The molecular weight excluding hydrogens is 239 g/mol. The first kappa shape index (κ1) is 16.4. The van der Waals surface area contributed by atoms with Gasteiger partial charge >= 0.3 is 0 Å². The molecule has 1 unspecified atom stereocenters. The molecule has 0 aliphatic heterocycles. The Kier molecular flexibility index (Phi) is 6.68. The second-order valence-corrected chi connectivity index (χ2v) is 4.72. The van der Waals surface area contributed by atoms with Gasteiger partial charge in [0.2, 0.25) is 0 Å². The fourth-order valence-electron chi connectivity index (χ4n) is 1.45. The summed E-state index contributed by atoms with van der Waals surface area (Å²) >= 11 is 0. The molecule has 3 N–H and O–H groups in total. The highest BCUT2D eigenvalue weighted by Crippen LogP contribution is 2.16. The monoisotopic (exact) mass is 260 g/mol. The minimum Gasteiger partial charge on any atom is -0.329 e. The standard InChI is InChI=1S/C13H21FN2.ClH/c1-10(2)13(3,9-15)16-8-11-6-4-5-7-12(11)14;/h4-7,10,16H,8-9,15H2,1-3H3;1H. The molecule has 0 fully saturated rings. The van der Waals surface area contributed by atoms with E-state index in [1.165, 1.54) is 6.07 Å². The fourth-order valence-corrected chi connectivity index (χ4v) is 1.45. The summed E-state index contributed by atoms with van der Waals surface area (Å²) in [6.45, 7) is 7.35. The van der Waals surface area contributed by atoms with E-state index in [4.69, 9.17) is 5.73 Å². The number of benzene rings is 1. The summed E-state index contributed by atoms with van der Waals surface area (Å²) in [6, 6.07) is 6.81. The Morgan fingerprint density at radius 2 is 1.94 bits per heavy atom. The van der Waals surface area contributed by atoms with Gasteiger partial charge in [-0.1, -0.05) is 32.0 Å². The molecule has 98 valence electrons. The molecule has 1 rings (SSSR count). The summed E-state index contributed by atoms with van der Waals surface area (Å²) in [5, 5.41) is 3.34. The summed E-state index contributed by atoms with van der Waals surface area (Å²) in [7, 11) is 0. The van der Waals surface area contributed by atoms with Crippen LogP contribution in [0.25, 0.3) is 0 Å². The van der Waals surface area contributed by atoms with E-state index in [2.05, 4.69) is 26.1 Å². The van der Waals surface area contributed by atoms with E-state index in [-0.39, 0.29) is 23.8 Å². The average molecular weight is 261 g/mol. The van der Waals surface area contributed by atoms with Crippen LogP contribution in [0.4, 0.5) is 4.39 Å². The Labute approximate surface area is 109 Å². The summed E-state index contributed by atoms with van der Waals surface area (Å²) in [5.41, 5.74) is 6.29. The van der Waals surface area contributed by atoms with Crippen molar-refractivity contribution in [3.05, 3.63) is 35.6 Å². The van der Waals surface area contributed by atoms with E-state index >= 15 is 0 Å². The van der Waals surface area contributed by atoms with Crippen molar-refractivity contribution >= 4 is 12.4 Å². The van der Waals surface area contributed by atoms with E-state index in [1.807, 2.05) is 6.07 Å². The second-order valence-electron chi connectivity index (χ2n) is 4.72. The Hall–Kier alpha value is -0.640. The van der Waals surface area contributed by atoms with Crippen LogP contribution in [-0.4, -0.2) is 12.1 Å². The van der Waals surface area contributed by atoms with Crippen molar-refractivity contribution in [2.75, 3.05) is 6.54 Å². The van der Waals surface area contributed by atoms with Gasteiger partial charge in [0.1, 0.15) is 5.82 Å². The Bertz CT molecular complexity index is 344. The molecule has 0 radical (unpaired) electrons. The number of hydrogen-bond acceptors (Lipinski definition) is 2. The maximum atomic E-state index is 13.4. The summed E-state index contributed by atoms with van der Waals surface area (Å²) < 4.78 is 13.4. The van der Waals surface area contributed by atoms with Crippen molar-refractivity contribution in [2.45, 2.75) is 32.9 Å². The highest BCUT2D eigenvalue weighted by Gasteiger charge is 2.25. The van der Waals surface area contributed by atoms with Crippen LogP contribution in [0.5, 0.6) is 0 Å². The van der Waals surface area contributed by atoms with Gasteiger partial charge in [-0.2, -0.15) is 0 Å². The third-order valence-electron chi connectivity index (χ3n) is 3.34. The third-order valence-corrected chi connectivity index (χ3v) is 3.34. The van der Waals surface area contributed by atoms with Gasteiger partial charge in [-0.05, 0) is 18.9 Å². The topological polar surface area (TPSA) is 38.0 Å². The number of halogens is 2. The summed E-state index contributed by atoms with van der Waals surface area (Å²) in [5.74, 6) is 0.238. The molecule has 0 amide bonds. The van der Waals surface area contributed by atoms with Crippen LogP contribution in [0, 0.1) is 11.7 Å². The molecule has 0 bridgehead atoms. The van der Waals surface area contributed by atoms with E-state index < -0.39 is 0 Å². The average Bonchev–Trinajstić information content (AvgIpc) is 2.27. The van der Waals surface area contributed by atoms with Gasteiger partial charge in [0.25, 0.3) is 0 Å². The zero-order chi connectivity index (χ0) is 12.2. The van der Waals surface area contributed by atoms with E-state index in [0.717, 1.165) is 0 Å². The van der Waals surface area contributed by atoms with Gasteiger partial charge < -0.3 is 11.1 Å². The predicted octanol–water partition coefficient (Wildman–Crippen LogP) is 2.71. The summed E-state index contributed by atoms with van der Waals surface area (Å²) in [6.07, 6.45) is 0. The maximum absolute atomic E-state index is 13.4. The van der Waals surface area contributed by atoms with Crippen molar-refractivity contribution in [1.29, 1.82) is 0 Å². The van der Waals surface area contributed by atoms with Gasteiger partial charge in [0.05, 0.1) is 0 Å². The minimum atomic E-state index is -0.168. The molecule has 0 aromatic heterocycles. The minimum absolute atomic E-state index is 0. The van der Waals surface area contributed by atoms with Gasteiger partial charge in [-0.3, -0.25) is 0 Å². The van der Waals surface area contributed by atoms with Gasteiger partial charge in [-0.15, -0.1) is 12.4 Å². The quantitative estimate of drug-likeness (QED) is 0.854. The maximum Gasteiger partial charge on any atom is 0.127 e. The van der Waals surface area contributed by atoms with Crippen LogP contribution in [0.3, 0.4) is 0 Å². The molecule has 2 nitrogen and oxygen atoms in total. The third kappa shape index (κ3) is 4.26. The predicted molar refractivity (Wildman–Crippen MR) is 72.8 cm³/mol. The molecule has 0 aliphatic carbocycles. The lowest BCUT2D eigenvalue weighted by Crippen LogP contribution is -2.52. The second kappa shape index (κ2) is 6.94. The first-order valence-electron chi connectivity index (χ1n) is 5.68. The first-order valence-corrected chi connectivity index (χ1v) is 5.68. The highest BCUT2D eigenvalue weighted by atomic mass is 35.5. The van der Waals surface area contributed by atoms with Gasteiger partial charge in [0.15, 0.2) is 0 Å². The summed E-state index contributed by atoms with van der Waals surface area (Å²) in [4.78, 5) is 0. The zero-order valence-corrected chi connectivity index (χ0v) is 11.5. The molecule has 0 heterocycles.